The molecular formula is C13H11N5. The second kappa shape index (κ2) is 4.00. The maximum atomic E-state index is 9.08. The van der Waals surface area contributed by atoms with Gasteiger partial charge in [0.05, 0.1) is 17.6 Å². The van der Waals surface area contributed by atoms with Crippen LogP contribution in [0.2, 0.25) is 0 Å². The third-order valence-electron chi connectivity index (χ3n) is 2.99. The quantitative estimate of drug-likeness (QED) is 0.681. The van der Waals surface area contributed by atoms with Crippen LogP contribution in [-0.2, 0) is 13.6 Å². The zero-order valence-corrected chi connectivity index (χ0v) is 9.91. The highest BCUT2D eigenvalue weighted by Gasteiger charge is 2.11. The van der Waals surface area contributed by atoms with E-state index < -0.39 is 0 Å². The van der Waals surface area contributed by atoms with Gasteiger partial charge in [0.25, 0.3) is 0 Å². The Bertz CT molecular complexity index is 731. The number of rotatable bonds is 2. The van der Waals surface area contributed by atoms with Crippen molar-refractivity contribution < 1.29 is 0 Å². The lowest BCUT2D eigenvalue weighted by Crippen LogP contribution is -2.06. The lowest BCUT2D eigenvalue weighted by molar-refractivity contribution is 0.636. The Morgan fingerprint density at radius 1 is 1.33 bits per heavy atom. The first-order valence-electron chi connectivity index (χ1n) is 5.61. The number of nitriles is 1. The van der Waals surface area contributed by atoms with E-state index in [1.54, 1.807) is 12.3 Å². The first kappa shape index (κ1) is 10.5. The molecule has 18 heavy (non-hydrogen) atoms. The molecule has 5 nitrogen and oxygen atoms in total. The van der Waals surface area contributed by atoms with Gasteiger partial charge in [-0.1, -0.05) is 6.07 Å². The standard InChI is InChI=1S/C13H11N5/c1-17-11-5-2-4-10(8-14)13(11)16-12(17)9-18-7-3-6-15-18/h2-7H,9H2,1H3. The van der Waals surface area contributed by atoms with E-state index in [4.69, 9.17) is 5.26 Å². The lowest BCUT2D eigenvalue weighted by Gasteiger charge is -2.02. The number of hydrogen-bond donors (Lipinski definition) is 0. The minimum Gasteiger partial charge on any atom is -0.330 e. The van der Waals surface area contributed by atoms with E-state index in [1.807, 2.05) is 40.7 Å². The number of para-hydroxylation sites is 1. The molecule has 0 fully saturated rings. The van der Waals surface area contributed by atoms with Crippen molar-refractivity contribution in [2.45, 2.75) is 6.54 Å². The molecule has 1 aromatic carbocycles. The molecule has 0 N–H and O–H groups in total. The van der Waals surface area contributed by atoms with E-state index in [-0.39, 0.29) is 0 Å². The van der Waals surface area contributed by atoms with Crippen molar-refractivity contribution in [3.05, 3.63) is 48.0 Å². The molecule has 0 bridgehead atoms. The van der Waals surface area contributed by atoms with Crippen molar-refractivity contribution in [1.82, 2.24) is 19.3 Å². The number of fused-ring (bicyclic) bond motifs is 1. The number of aryl methyl sites for hydroxylation is 1. The van der Waals surface area contributed by atoms with Crippen molar-refractivity contribution >= 4 is 11.0 Å². The summed E-state index contributed by atoms with van der Waals surface area (Å²) in [5.74, 6) is 0.886. The largest absolute Gasteiger partial charge is 0.330 e. The van der Waals surface area contributed by atoms with Crippen LogP contribution in [0.1, 0.15) is 11.4 Å². The zero-order chi connectivity index (χ0) is 12.5. The average molecular weight is 237 g/mol. The maximum Gasteiger partial charge on any atom is 0.131 e. The molecule has 0 atom stereocenters. The van der Waals surface area contributed by atoms with Gasteiger partial charge in [-0.15, -0.1) is 0 Å². The van der Waals surface area contributed by atoms with Gasteiger partial charge in [0.1, 0.15) is 17.4 Å². The normalized spacial score (nSPS) is 10.7. The Morgan fingerprint density at radius 3 is 2.94 bits per heavy atom. The van der Waals surface area contributed by atoms with Crippen molar-refractivity contribution in [3.63, 3.8) is 0 Å². The summed E-state index contributed by atoms with van der Waals surface area (Å²) in [5, 5.41) is 13.2. The Kier molecular flexibility index (Phi) is 2.34. The molecular weight excluding hydrogens is 226 g/mol. The molecule has 0 aliphatic heterocycles. The van der Waals surface area contributed by atoms with E-state index in [0.29, 0.717) is 12.1 Å². The number of imidazole rings is 1. The smallest absolute Gasteiger partial charge is 0.131 e. The van der Waals surface area contributed by atoms with Crippen LogP contribution in [-0.4, -0.2) is 19.3 Å². The number of aromatic nitrogens is 4. The molecule has 0 aliphatic rings. The fourth-order valence-corrected chi connectivity index (χ4v) is 2.03. The van der Waals surface area contributed by atoms with Crippen LogP contribution in [0.3, 0.4) is 0 Å². The van der Waals surface area contributed by atoms with Gasteiger partial charge in [0, 0.05) is 19.4 Å². The molecule has 2 aromatic heterocycles. The monoisotopic (exact) mass is 237 g/mol. The molecule has 0 aliphatic carbocycles. The molecule has 0 spiro atoms. The molecule has 0 saturated heterocycles. The van der Waals surface area contributed by atoms with Crippen molar-refractivity contribution in [2.24, 2.45) is 7.05 Å². The minimum absolute atomic E-state index is 0.600. The summed E-state index contributed by atoms with van der Waals surface area (Å²) in [5.41, 5.74) is 2.33. The van der Waals surface area contributed by atoms with E-state index >= 15 is 0 Å². The molecule has 88 valence electrons. The summed E-state index contributed by atoms with van der Waals surface area (Å²) >= 11 is 0. The summed E-state index contributed by atoms with van der Waals surface area (Å²) in [6.45, 7) is 0.600. The predicted molar refractivity (Wildman–Crippen MR) is 66.8 cm³/mol. The number of nitrogens with zero attached hydrogens (tertiary/aromatic N) is 5. The van der Waals surface area contributed by atoms with Crippen LogP contribution < -0.4 is 0 Å². The number of hydrogen-bond acceptors (Lipinski definition) is 3. The third-order valence-corrected chi connectivity index (χ3v) is 2.99. The molecule has 3 rings (SSSR count). The topological polar surface area (TPSA) is 59.4 Å². The second-order valence-electron chi connectivity index (χ2n) is 4.08. The van der Waals surface area contributed by atoms with Crippen molar-refractivity contribution in [2.75, 3.05) is 0 Å². The predicted octanol–water partition coefficient (Wildman–Crippen LogP) is 1.69. The fraction of sp³-hybridized carbons (Fsp3) is 0.154. The number of benzene rings is 1. The highest BCUT2D eigenvalue weighted by Crippen LogP contribution is 2.18. The molecule has 0 radical (unpaired) electrons. The summed E-state index contributed by atoms with van der Waals surface area (Å²) in [6.07, 6.45) is 3.63. The van der Waals surface area contributed by atoms with Gasteiger partial charge in [0.15, 0.2) is 0 Å². The Labute approximate surface area is 104 Å². The van der Waals surface area contributed by atoms with Gasteiger partial charge in [-0.2, -0.15) is 10.4 Å². The van der Waals surface area contributed by atoms with Crippen LogP contribution in [0.15, 0.2) is 36.7 Å². The Balaban J connectivity index is 2.14. The molecule has 2 heterocycles. The lowest BCUT2D eigenvalue weighted by atomic mass is 10.2. The summed E-state index contributed by atoms with van der Waals surface area (Å²) in [4.78, 5) is 4.54. The van der Waals surface area contributed by atoms with Crippen LogP contribution in [0.4, 0.5) is 0 Å². The van der Waals surface area contributed by atoms with Crippen LogP contribution >= 0.6 is 0 Å². The second-order valence-corrected chi connectivity index (χ2v) is 4.08. The van der Waals surface area contributed by atoms with Gasteiger partial charge in [-0.25, -0.2) is 4.98 Å². The third kappa shape index (κ3) is 1.55. The Hall–Kier alpha value is -2.61. The molecule has 0 unspecified atom stereocenters. The van der Waals surface area contributed by atoms with Gasteiger partial charge in [0.2, 0.25) is 0 Å². The van der Waals surface area contributed by atoms with Crippen LogP contribution in [0, 0.1) is 11.3 Å². The Morgan fingerprint density at radius 2 is 2.22 bits per heavy atom. The maximum absolute atomic E-state index is 9.08. The first-order valence-corrected chi connectivity index (χ1v) is 5.61. The SMILES string of the molecule is Cn1c(Cn2cccn2)nc2c(C#N)cccc21. The molecule has 5 heteroatoms. The van der Waals surface area contributed by atoms with E-state index in [0.717, 1.165) is 16.9 Å². The van der Waals surface area contributed by atoms with E-state index in [9.17, 15) is 0 Å². The van der Waals surface area contributed by atoms with Crippen molar-refractivity contribution in [1.29, 1.82) is 5.26 Å². The minimum atomic E-state index is 0.600. The molecule has 0 amide bonds. The first-order chi connectivity index (χ1) is 8.79. The van der Waals surface area contributed by atoms with Gasteiger partial charge < -0.3 is 4.57 Å². The highest BCUT2D eigenvalue weighted by molar-refractivity contribution is 5.82. The van der Waals surface area contributed by atoms with Crippen LogP contribution in [0.25, 0.3) is 11.0 Å². The summed E-state index contributed by atoms with van der Waals surface area (Å²) in [6, 6.07) is 9.68. The van der Waals surface area contributed by atoms with Crippen molar-refractivity contribution in [3.8, 4) is 6.07 Å². The molecule has 0 saturated carbocycles. The highest BCUT2D eigenvalue weighted by atomic mass is 15.3. The van der Waals surface area contributed by atoms with Gasteiger partial charge in [-0.3, -0.25) is 4.68 Å². The average Bonchev–Trinajstić information content (AvgIpc) is 3.00. The summed E-state index contributed by atoms with van der Waals surface area (Å²) in [7, 11) is 1.95. The zero-order valence-electron chi connectivity index (χ0n) is 9.91. The van der Waals surface area contributed by atoms with Crippen LogP contribution in [0.5, 0.6) is 0 Å². The fourth-order valence-electron chi connectivity index (χ4n) is 2.03. The van der Waals surface area contributed by atoms with Gasteiger partial charge >= 0.3 is 0 Å². The molecule has 3 aromatic rings. The van der Waals surface area contributed by atoms with E-state index in [1.165, 1.54) is 0 Å². The summed E-state index contributed by atoms with van der Waals surface area (Å²) < 4.78 is 3.81. The van der Waals surface area contributed by atoms with Gasteiger partial charge in [-0.05, 0) is 18.2 Å². The van der Waals surface area contributed by atoms with E-state index in [2.05, 4.69) is 16.2 Å².